The van der Waals surface area contributed by atoms with Crippen LogP contribution in [0.4, 0.5) is 0 Å². The Labute approximate surface area is 163 Å². The number of hydrogen-bond donors (Lipinski definition) is 2. The molecule has 0 radical (unpaired) electrons. The largest absolute Gasteiger partial charge is 0.341 e. The predicted molar refractivity (Wildman–Crippen MR) is 107 cm³/mol. The number of aryl methyl sites for hydroxylation is 1. The second-order valence-electron chi connectivity index (χ2n) is 7.53. The van der Waals surface area contributed by atoms with Crippen molar-refractivity contribution >= 4 is 24.2 Å². The topological polar surface area (TPSA) is 75.4 Å². The van der Waals surface area contributed by atoms with Crippen molar-refractivity contribution in [2.45, 2.75) is 52.6 Å². The first-order valence-electron chi connectivity index (χ1n) is 9.22. The molecule has 2 rings (SSSR count). The molecule has 0 saturated carbocycles. The van der Waals surface area contributed by atoms with Gasteiger partial charge in [0.15, 0.2) is 0 Å². The van der Waals surface area contributed by atoms with E-state index in [1.54, 1.807) is 6.07 Å². The van der Waals surface area contributed by atoms with E-state index in [0.29, 0.717) is 24.6 Å². The third-order valence-corrected chi connectivity index (χ3v) is 5.20. The van der Waals surface area contributed by atoms with Crippen LogP contribution in [-0.4, -0.2) is 41.9 Å². The molecule has 146 valence electrons. The molecule has 1 aliphatic heterocycles. The fraction of sp³-hybridized carbons (Fsp3) is 0.600. The van der Waals surface area contributed by atoms with Crippen LogP contribution in [0.25, 0.3) is 0 Å². The molecule has 0 aromatic heterocycles. The molecule has 26 heavy (non-hydrogen) atoms. The number of hydrogen-bond acceptors (Lipinski definition) is 3. The van der Waals surface area contributed by atoms with Crippen LogP contribution in [0.1, 0.15) is 49.5 Å². The van der Waals surface area contributed by atoms with Crippen molar-refractivity contribution in [3.8, 4) is 0 Å². The van der Waals surface area contributed by atoms with Crippen LogP contribution in [0.15, 0.2) is 24.3 Å². The van der Waals surface area contributed by atoms with Gasteiger partial charge in [0.25, 0.3) is 5.91 Å². The maximum atomic E-state index is 12.9. The van der Waals surface area contributed by atoms with Gasteiger partial charge in [-0.15, -0.1) is 12.4 Å². The SMILES string of the molecule is Cc1ccccc1C(=O)NC(C(=O)N1CCC(C(C)N)CC1)C(C)C.Cl. The molecule has 0 aliphatic carbocycles. The Balaban J connectivity index is 0.00000338. The summed E-state index contributed by atoms with van der Waals surface area (Å²) in [6, 6.07) is 7.10. The van der Waals surface area contributed by atoms with E-state index in [-0.39, 0.29) is 36.2 Å². The molecular weight excluding hydrogens is 350 g/mol. The number of nitrogens with two attached hydrogens (primary N) is 1. The summed E-state index contributed by atoms with van der Waals surface area (Å²) in [5, 5.41) is 2.95. The van der Waals surface area contributed by atoms with E-state index in [4.69, 9.17) is 5.73 Å². The number of rotatable bonds is 5. The summed E-state index contributed by atoms with van der Waals surface area (Å²) in [5.41, 5.74) is 7.51. The first-order valence-corrected chi connectivity index (χ1v) is 9.22. The fourth-order valence-corrected chi connectivity index (χ4v) is 3.40. The molecule has 2 amide bonds. The standard InChI is InChI=1S/C20H31N3O2.ClH/c1-13(2)18(22-19(24)17-8-6-5-7-14(17)3)20(25)23-11-9-16(10-12-23)15(4)21;/h5-8,13,15-16,18H,9-12,21H2,1-4H3,(H,22,24);1H. The van der Waals surface area contributed by atoms with Crippen molar-refractivity contribution in [1.29, 1.82) is 0 Å². The van der Waals surface area contributed by atoms with E-state index < -0.39 is 6.04 Å². The third kappa shape index (κ3) is 5.45. The molecular formula is C20H32ClN3O2. The maximum Gasteiger partial charge on any atom is 0.252 e. The molecule has 1 aromatic carbocycles. The molecule has 0 bridgehead atoms. The number of carbonyl (C=O) groups is 2. The third-order valence-electron chi connectivity index (χ3n) is 5.20. The van der Waals surface area contributed by atoms with Crippen molar-refractivity contribution in [3.05, 3.63) is 35.4 Å². The normalized spacial score (nSPS) is 17.4. The Morgan fingerprint density at radius 3 is 2.23 bits per heavy atom. The Hall–Kier alpha value is -1.59. The highest BCUT2D eigenvalue weighted by atomic mass is 35.5. The van der Waals surface area contributed by atoms with Crippen LogP contribution in [0, 0.1) is 18.8 Å². The summed E-state index contributed by atoms with van der Waals surface area (Å²) < 4.78 is 0. The Bertz CT molecular complexity index is 611. The van der Waals surface area contributed by atoms with Crippen molar-refractivity contribution in [2.24, 2.45) is 17.6 Å². The van der Waals surface area contributed by atoms with E-state index in [1.807, 2.05) is 50.8 Å². The zero-order valence-electron chi connectivity index (χ0n) is 16.2. The van der Waals surface area contributed by atoms with Gasteiger partial charge in [0.1, 0.15) is 6.04 Å². The lowest BCUT2D eigenvalue weighted by molar-refractivity contribution is -0.135. The van der Waals surface area contributed by atoms with Crippen molar-refractivity contribution < 1.29 is 9.59 Å². The van der Waals surface area contributed by atoms with Gasteiger partial charge in [-0.25, -0.2) is 0 Å². The lowest BCUT2D eigenvalue weighted by atomic mass is 9.90. The number of amides is 2. The summed E-state index contributed by atoms with van der Waals surface area (Å²) in [4.78, 5) is 27.4. The molecule has 1 aliphatic rings. The van der Waals surface area contributed by atoms with Crippen LogP contribution in [0.5, 0.6) is 0 Å². The Morgan fingerprint density at radius 2 is 1.73 bits per heavy atom. The van der Waals surface area contributed by atoms with E-state index in [9.17, 15) is 9.59 Å². The fourth-order valence-electron chi connectivity index (χ4n) is 3.40. The van der Waals surface area contributed by atoms with Crippen LogP contribution in [0.2, 0.25) is 0 Å². The Morgan fingerprint density at radius 1 is 1.15 bits per heavy atom. The average molecular weight is 382 g/mol. The second-order valence-corrected chi connectivity index (χ2v) is 7.53. The van der Waals surface area contributed by atoms with Gasteiger partial charge in [-0.3, -0.25) is 9.59 Å². The molecule has 2 atom stereocenters. The van der Waals surface area contributed by atoms with E-state index in [2.05, 4.69) is 5.32 Å². The highest BCUT2D eigenvalue weighted by molar-refractivity contribution is 5.98. The number of carbonyl (C=O) groups excluding carboxylic acids is 2. The molecule has 1 saturated heterocycles. The highest BCUT2D eigenvalue weighted by Gasteiger charge is 2.32. The van der Waals surface area contributed by atoms with E-state index >= 15 is 0 Å². The van der Waals surface area contributed by atoms with E-state index in [0.717, 1.165) is 18.4 Å². The number of nitrogens with zero attached hydrogens (tertiary/aromatic N) is 1. The molecule has 1 fully saturated rings. The summed E-state index contributed by atoms with van der Waals surface area (Å²) in [6.45, 7) is 9.30. The average Bonchev–Trinajstić information content (AvgIpc) is 2.59. The van der Waals surface area contributed by atoms with Gasteiger partial charge in [0.05, 0.1) is 0 Å². The molecule has 5 nitrogen and oxygen atoms in total. The van der Waals surface area contributed by atoms with Crippen LogP contribution >= 0.6 is 12.4 Å². The summed E-state index contributed by atoms with van der Waals surface area (Å²) in [5.74, 6) is 0.338. The van der Waals surface area contributed by atoms with Crippen LogP contribution < -0.4 is 11.1 Å². The smallest absolute Gasteiger partial charge is 0.252 e. The molecule has 3 N–H and O–H groups in total. The highest BCUT2D eigenvalue weighted by Crippen LogP contribution is 2.21. The summed E-state index contributed by atoms with van der Waals surface area (Å²) >= 11 is 0. The zero-order valence-corrected chi connectivity index (χ0v) is 17.0. The van der Waals surface area contributed by atoms with Gasteiger partial charge in [0, 0.05) is 24.7 Å². The van der Waals surface area contributed by atoms with Crippen molar-refractivity contribution in [2.75, 3.05) is 13.1 Å². The minimum atomic E-state index is -0.501. The van der Waals surface area contributed by atoms with Gasteiger partial charge in [-0.2, -0.15) is 0 Å². The number of halogens is 1. The Kier molecular flexibility index (Phi) is 8.57. The van der Waals surface area contributed by atoms with Gasteiger partial charge in [-0.05, 0) is 50.2 Å². The minimum Gasteiger partial charge on any atom is -0.341 e. The lowest BCUT2D eigenvalue weighted by Gasteiger charge is -2.36. The number of likely N-dealkylation sites (tertiary alicyclic amines) is 1. The lowest BCUT2D eigenvalue weighted by Crippen LogP contribution is -2.53. The molecule has 0 spiro atoms. The summed E-state index contributed by atoms with van der Waals surface area (Å²) in [6.07, 6.45) is 1.86. The maximum absolute atomic E-state index is 12.9. The van der Waals surface area contributed by atoms with Crippen LogP contribution in [-0.2, 0) is 4.79 Å². The number of piperidine rings is 1. The molecule has 2 unspecified atom stereocenters. The van der Waals surface area contributed by atoms with Gasteiger partial charge >= 0.3 is 0 Å². The van der Waals surface area contributed by atoms with Crippen LogP contribution in [0.3, 0.4) is 0 Å². The molecule has 1 aromatic rings. The quantitative estimate of drug-likeness (QED) is 0.823. The zero-order chi connectivity index (χ0) is 18.6. The first kappa shape index (κ1) is 22.5. The summed E-state index contributed by atoms with van der Waals surface area (Å²) in [7, 11) is 0. The van der Waals surface area contributed by atoms with Gasteiger partial charge in [0.2, 0.25) is 5.91 Å². The number of nitrogens with one attached hydrogen (secondary N) is 1. The van der Waals surface area contributed by atoms with Gasteiger partial charge < -0.3 is 16.0 Å². The predicted octanol–water partition coefficient (Wildman–Crippen LogP) is 2.76. The van der Waals surface area contributed by atoms with E-state index in [1.165, 1.54) is 0 Å². The van der Waals surface area contributed by atoms with Crippen molar-refractivity contribution in [3.63, 3.8) is 0 Å². The minimum absolute atomic E-state index is 0. The second kappa shape index (κ2) is 9.93. The monoisotopic (exact) mass is 381 g/mol. The van der Waals surface area contributed by atoms with Crippen molar-refractivity contribution in [1.82, 2.24) is 10.2 Å². The molecule has 6 heteroatoms. The molecule has 1 heterocycles. The first-order chi connectivity index (χ1) is 11.8. The number of benzene rings is 1. The van der Waals surface area contributed by atoms with Gasteiger partial charge in [-0.1, -0.05) is 32.0 Å².